The van der Waals surface area contributed by atoms with Crippen LogP contribution in [0.1, 0.15) is 10.4 Å². The Morgan fingerprint density at radius 3 is 2.71 bits per heavy atom. The van der Waals surface area contributed by atoms with Crippen LogP contribution < -0.4 is 0 Å². The minimum absolute atomic E-state index is 1.07. The van der Waals surface area contributed by atoms with E-state index in [1.54, 1.807) is 0 Å². The molecule has 1 nitrogen and oxygen atoms in total. The molecule has 2 heteroatoms. The zero-order chi connectivity index (χ0) is 5.28. The standard InChI is InChI=1S/C5H6NS/c1-4-3-6-7-5(4)2/h3H,2H2,1H3. The Morgan fingerprint density at radius 2 is 2.57 bits per heavy atom. The van der Waals surface area contributed by atoms with E-state index in [4.69, 9.17) is 0 Å². The van der Waals surface area contributed by atoms with Crippen LogP contribution in [0.4, 0.5) is 0 Å². The van der Waals surface area contributed by atoms with Crippen molar-refractivity contribution in [1.29, 1.82) is 0 Å². The number of aryl methyl sites for hydroxylation is 1. The predicted octanol–water partition coefficient (Wildman–Crippen LogP) is 1.63. The number of hydrogen-bond acceptors (Lipinski definition) is 2. The van der Waals surface area contributed by atoms with Crippen molar-refractivity contribution in [2.75, 3.05) is 0 Å². The van der Waals surface area contributed by atoms with Gasteiger partial charge in [0.25, 0.3) is 0 Å². The Balaban J connectivity index is 3.12. The van der Waals surface area contributed by atoms with Crippen LogP contribution in [0.25, 0.3) is 0 Å². The largest absolute Gasteiger partial charge is 0.201 e. The van der Waals surface area contributed by atoms with Crippen molar-refractivity contribution in [3.05, 3.63) is 23.6 Å². The Morgan fingerprint density at radius 1 is 1.86 bits per heavy atom. The molecule has 0 saturated heterocycles. The van der Waals surface area contributed by atoms with Gasteiger partial charge in [-0.1, -0.05) is 0 Å². The van der Waals surface area contributed by atoms with E-state index in [9.17, 15) is 0 Å². The first-order valence-corrected chi connectivity index (χ1v) is 2.81. The third kappa shape index (κ3) is 0.800. The molecular formula is C5H6NS. The number of rotatable bonds is 0. The molecule has 37 valence electrons. The highest BCUT2D eigenvalue weighted by Crippen LogP contribution is 2.07. The maximum atomic E-state index is 3.90. The van der Waals surface area contributed by atoms with Crippen molar-refractivity contribution in [3.63, 3.8) is 0 Å². The van der Waals surface area contributed by atoms with Crippen molar-refractivity contribution in [2.24, 2.45) is 0 Å². The molecule has 1 rings (SSSR count). The fourth-order valence-electron chi connectivity index (χ4n) is 0.313. The highest BCUT2D eigenvalue weighted by molar-refractivity contribution is 7.06. The topological polar surface area (TPSA) is 12.9 Å². The molecule has 0 fully saturated rings. The molecule has 0 saturated carbocycles. The maximum absolute atomic E-state index is 3.90. The highest BCUT2D eigenvalue weighted by atomic mass is 32.1. The van der Waals surface area contributed by atoms with Crippen LogP contribution in [0.5, 0.6) is 0 Å². The van der Waals surface area contributed by atoms with Crippen LogP contribution >= 0.6 is 11.5 Å². The van der Waals surface area contributed by atoms with Gasteiger partial charge in [-0.25, -0.2) is 4.37 Å². The van der Waals surface area contributed by atoms with Gasteiger partial charge in [0.15, 0.2) is 0 Å². The lowest BCUT2D eigenvalue weighted by Gasteiger charge is -1.76. The van der Waals surface area contributed by atoms with E-state index < -0.39 is 0 Å². The van der Waals surface area contributed by atoms with E-state index in [0.717, 1.165) is 4.88 Å². The summed E-state index contributed by atoms with van der Waals surface area (Å²) in [5.41, 5.74) is 1.19. The summed E-state index contributed by atoms with van der Waals surface area (Å²) < 4.78 is 3.90. The Hall–Kier alpha value is -0.370. The molecule has 1 radical (unpaired) electrons. The van der Waals surface area contributed by atoms with E-state index in [1.807, 2.05) is 13.1 Å². The van der Waals surface area contributed by atoms with E-state index in [1.165, 1.54) is 17.1 Å². The average molecular weight is 112 g/mol. The Kier molecular flexibility index (Phi) is 1.11. The van der Waals surface area contributed by atoms with Gasteiger partial charge in [-0.15, -0.1) is 0 Å². The molecule has 0 amide bonds. The number of aromatic nitrogens is 1. The second kappa shape index (κ2) is 1.62. The Labute approximate surface area is 47.2 Å². The van der Waals surface area contributed by atoms with Crippen molar-refractivity contribution in [2.45, 2.75) is 6.92 Å². The van der Waals surface area contributed by atoms with Crippen molar-refractivity contribution in [3.8, 4) is 0 Å². The molecule has 0 unspecified atom stereocenters. The summed E-state index contributed by atoms with van der Waals surface area (Å²) >= 11 is 1.44. The van der Waals surface area contributed by atoms with Crippen LogP contribution in [0, 0.1) is 13.8 Å². The van der Waals surface area contributed by atoms with Gasteiger partial charge >= 0.3 is 0 Å². The molecule has 0 aliphatic rings. The molecule has 0 aromatic carbocycles. The van der Waals surface area contributed by atoms with Gasteiger partial charge in [0.05, 0.1) is 0 Å². The first kappa shape index (κ1) is 4.78. The van der Waals surface area contributed by atoms with Crippen molar-refractivity contribution >= 4 is 11.5 Å². The molecule has 0 spiro atoms. The summed E-state index contributed by atoms with van der Waals surface area (Å²) in [6.45, 7) is 5.74. The molecule has 1 aromatic heterocycles. The second-order valence-corrected chi connectivity index (χ2v) is 2.32. The van der Waals surface area contributed by atoms with Gasteiger partial charge in [-0.2, -0.15) is 0 Å². The SMILES string of the molecule is [CH2]c1sncc1C. The molecule has 0 atom stereocenters. The van der Waals surface area contributed by atoms with Crippen molar-refractivity contribution < 1.29 is 0 Å². The van der Waals surface area contributed by atoms with Gasteiger partial charge < -0.3 is 0 Å². The van der Waals surface area contributed by atoms with Gasteiger partial charge in [0.2, 0.25) is 0 Å². The van der Waals surface area contributed by atoms with E-state index in [-0.39, 0.29) is 0 Å². The number of hydrogen-bond donors (Lipinski definition) is 0. The molecule has 1 aromatic rings. The van der Waals surface area contributed by atoms with Gasteiger partial charge in [0.1, 0.15) is 0 Å². The van der Waals surface area contributed by atoms with Crippen LogP contribution in [0.2, 0.25) is 0 Å². The zero-order valence-corrected chi connectivity index (χ0v) is 4.96. The molecular weight excluding hydrogens is 106 g/mol. The summed E-state index contributed by atoms with van der Waals surface area (Å²) in [6.07, 6.45) is 1.83. The van der Waals surface area contributed by atoms with E-state index in [0.29, 0.717) is 0 Å². The van der Waals surface area contributed by atoms with Gasteiger partial charge in [-0.3, -0.25) is 0 Å². The Bertz CT molecular complexity index is 140. The fraction of sp³-hybridized carbons (Fsp3) is 0.200. The normalized spacial score (nSPS) is 9.43. The minimum atomic E-state index is 1.07. The monoisotopic (exact) mass is 112 g/mol. The third-order valence-electron chi connectivity index (χ3n) is 0.849. The van der Waals surface area contributed by atoms with Crippen LogP contribution in [0.15, 0.2) is 6.20 Å². The second-order valence-electron chi connectivity index (χ2n) is 1.43. The van der Waals surface area contributed by atoms with Crippen LogP contribution in [0.3, 0.4) is 0 Å². The molecule has 0 aliphatic carbocycles. The zero-order valence-electron chi connectivity index (χ0n) is 4.14. The summed E-state index contributed by atoms with van der Waals surface area (Å²) in [5, 5.41) is 0. The van der Waals surface area contributed by atoms with Gasteiger partial charge in [-0.05, 0) is 30.9 Å². The molecule has 0 N–H and O–H groups in total. The first-order valence-electron chi connectivity index (χ1n) is 2.04. The molecule has 0 bridgehead atoms. The molecule has 7 heavy (non-hydrogen) atoms. The maximum Gasteiger partial charge on any atom is 0.0438 e. The summed E-state index contributed by atoms with van der Waals surface area (Å²) in [7, 11) is 0. The molecule has 0 aliphatic heterocycles. The third-order valence-corrected chi connectivity index (χ3v) is 1.60. The predicted molar refractivity (Wildman–Crippen MR) is 31.3 cm³/mol. The quantitative estimate of drug-likeness (QED) is 0.497. The van der Waals surface area contributed by atoms with Gasteiger partial charge in [0, 0.05) is 11.1 Å². The summed E-state index contributed by atoms with van der Waals surface area (Å²) in [5.74, 6) is 0. The van der Waals surface area contributed by atoms with Crippen LogP contribution in [-0.4, -0.2) is 4.37 Å². The first-order chi connectivity index (χ1) is 3.30. The summed E-state index contributed by atoms with van der Waals surface area (Å²) in [6, 6.07) is 0. The lowest BCUT2D eigenvalue weighted by atomic mass is 10.3. The lowest BCUT2D eigenvalue weighted by molar-refractivity contribution is 1.44. The van der Waals surface area contributed by atoms with E-state index >= 15 is 0 Å². The lowest BCUT2D eigenvalue weighted by Crippen LogP contribution is -1.61. The smallest absolute Gasteiger partial charge is 0.0438 e. The minimum Gasteiger partial charge on any atom is -0.201 e. The fourth-order valence-corrected chi connectivity index (χ4v) is 0.848. The van der Waals surface area contributed by atoms with Crippen LogP contribution in [-0.2, 0) is 0 Å². The van der Waals surface area contributed by atoms with E-state index in [2.05, 4.69) is 11.3 Å². The summed E-state index contributed by atoms with van der Waals surface area (Å²) in [4.78, 5) is 1.07. The average Bonchev–Trinajstić information content (AvgIpc) is 1.91. The molecule has 1 heterocycles. The highest BCUT2D eigenvalue weighted by Gasteiger charge is 1.89. The number of nitrogens with zero attached hydrogens (tertiary/aromatic N) is 1. The van der Waals surface area contributed by atoms with Crippen molar-refractivity contribution in [1.82, 2.24) is 4.37 Å².